The summed E-state index contributed by atoms with van der Waals surface area (Å²) in [7, 11) is 0. The predicted molar refractivity (Wildman–Crippen MR) is 144 cm³/mol. The molecule has 11 atom stereocenters. The number of hydrogen-bond acceptors (Lipinski definition) is 14. The van der Waals surface area contributed by atoms with Crippen molar-refractivity contribution in [3.8, 4) is 0 Å². The van der Waals surface area contributed by atoms with Crippen LogP contribution in [0.15, 0.2) is 11.0 Å². The minimum Gasteiger partial charge on any atom is -0.455 e. The Hall–Kier alpha value is -1.85. The van der Waals surface area contributed by atoms with E-state index in [1.54, 1.807) is 5.38 Å². The van der Waals surface area contributed by atoms with Crippen LogP contribution in [0.25, 0.3) is 6.08 Å². The van der Waals surface area contributed by atoms with Crippen LogP contribution in [0, 0.1) is 17.3 Å². The number of ketones is 1. The largest absolute Gasteiger partial charge is 0.455 e. The fourth-order valence-electron chi connectivity index (χ4n) is 5.34. The molecule has 14 heteroatoms. The molecule has 1 aromatic heterocycles. The van der Waals surface area contributed by atoms with Gasteiger partial charge in [0.25, 0.3) is 0 Å². The van der Waals surface area contributed by atoms with Crippen LogP contribution in [0.4, 0.5) is 0 Å². The lowest BCUT2D eigenvalue weighted by atomic mass is 9.72. The quantitative estimate of drug-likeness (QED) is 0.145. The van der Waals surface area contributed by atoms with E-state index in [9.17, 15) is 50.4 Å². The Balaban J connectivity index is 2.05. The lowest BCUT2D eigenvalue weighted by molar-refractivity contribution is -0.160. The summed E-state index contributed by atoms with van der Waals surface area (Å²) in [6.07, 6.45) is -12.5. The first-order chi connectivity index (χ1) is 19.0. The van der Waals surface area contributed by atoms with E-state index in [0.717, 1.165) is 0 Å². The van der Waals surface area contributed by atoms with Crippen molar-refractivity contribution in [3.63, 3.8) is 0 Å². The van der Waals surface area contributed by atoms with Gasteiger partial charge in [-0.3, -0.25) is 9.59 Å². The van der Waals surface area contributed by atoms with Crippen molar-refractivity contribution in [2.45, 2.75) is 102 Å². The summed E-state index contributed by atoms with van der Waals surface area (Å²) in [5, 5.41) is 87.1. The molecule has 2 aliphatic rings. The number of hydrogen-bond donors (Lipinski definition) is 8. The molecule has 0 bridgehead atoms. The number of epoxide rings is 1. The average molecular weight is 604 g/mol. The predicted octanol–water partition coefficient (Wildman–Crippen LogP) is -1.48. The van der Waals surface area contributed by atoms with Gasteiger partial charge in [0.05, 0.1) is 49.1 Å². The molecule has 1 aromatic rings. The van der Waals surface area contributed by atoms with E-state index in [-0.39, 0.29) is 12.2 Å². The number of ether oxygens (including phenoxy) is 2. The Morgan fingerprint density at radius 2 is 1.68 bits per heavy atom. The first-order valence-corrected chi connectivity index (χ1v) is 14.3. The number of carbonyl (C=O) groups excluding carboxylic acids is 2. The Bertz CT molecular complexity index is 1120. The van der Waals surface area contributed by atoms with Gasteiger partial charge in [0, 0.05) is 17.2 Å². The number of aliphatic hydroxyl groups excluding tert-OH is 8. The summed E-state index contributed by atoms with van der Waals surface area (Å²) >= 11 is 1.18. The van der Waals surface area contributed by atoms with E-state index in [1.165, 1.54) is 52.0 Å². The third kappa shape index (κ3) is 6.56. The second kappa shape index (κ2) is 12.8. The molecule has 0 radical (unpaired) electrons. The summed E-state index contributed by atoms with van der Waals surface area (Å²) in [5.74, 6) is -3.93. The maximum atomic E-state index is 13.3. The van der Waals surface area contributed by atoms with E-state index < -0.39 is 96.5 Å². The number of rotatable bonds is 4. The van der Waals surface area contributed by atoms with E-state index >= 15 is 0 Å². The van der Waals surface area contributed by atoms with Gasteiger partial charge in [0.1, 0.15) is 40.8 Å². The van der Waals surface area contributed by atoms with Crippen molar-refractivity contribution in [2.75, 3.05) is 6.61 Å². The van der Waals surface area contributed by atoms with Gasteiger partial charge in [-0.15, -0.1) is 11.3 Å². The minimum absolute atomic E-state index is 0.259. The molecule has 2 fully saturated rings. The first-order valence-electron chi connectivity index (χ1n) is 13.4. The number of fused-ring (bicyclic) bond motifs is 1. The fourth-order valence-corrected chi connectivity index (χ4v) is 5.95. The number of thiazole rings is 1. The molecular weight excluding hydrogens is 562 g/mol. The van der Waals surface area contributed by atoms with Crippen molar-refractivity contribution < 1.29 is 59.9 Å². The van der Waals surface area contributed by atoms with Crippen LogP contribution in [0.2, 0.25) is 0 Å². The first kappa shape index (κ1) is 33.6. The maximum Gasteiger partial charge on any atom is 0.309 e. The summed E-state index contributed by atoms with van der Waals surface area (Å²) < 4.78 is 11.1. The van der Waals surface area contributed by atoms with Gasteiger partial charge in [-0.1, -0.05) is 27.7 Å². The van der Waals surface area contributed by atoms with Crippen molar-refractivity contribution in [3.05, 3.63) is 21.7 Å². The summed E-state index contributed by atoms with van der Waals surface area (Å²) in [6.45, 7) is 5.86. The highest BCUT2D eigenvalue weighted by Crippen LogP contribution is 2.45. The summed E-state index contributed by atoms with van der Waals surface area (Å²) in [4.78, 5) is 30.5. The molecule has 0 aromatic carbocycles. The van der Waals surface area contributed by atoms with Crippen molar-refractivity contribution in [1.82, 2.24) is 4.98 Å². The molecule has 13 nitrogen and oxygen atoms in total. The minimum atomic E-state index is -1.98. The van der Waals surface area contributed by atoms with Crippen LogP contribution in [0.5, 0.6) is 0 Å². The highest BCUT2D eigenvalue weighted by atomic mass is 32.1. The SMILES string of the molecule is C/C(=C\c1csc(CO)n1)[C@H]1OC(=O)C[C@H](O)C(C)(C)C(=O)[C@H](C)[C@@H](O)[C@@H](C)C(O)C(O)C(O)[C@@]2(CO)O[C@H]2C1O. The van der Waals surface area contributed by atoms with Crippen LogP contribution in [0.1, 0.15) is 51.7 Å². The number of esters is 1. The van der Waals surface area contributed by atoms with Crippen molar-refractivity contribution in [2.24, 2.45) is 17.3 Å². The zero-order valence-corrected chi connectivity index (χ0v) is 24.4. The Morgan fingerprint density at radius 1 is 1.05 bits per heavy atom. The maximum absolute atomic E-state index is 13.3. The van der Waals surface area contributed by atoms with Crippen LogP contribution < -0.4 is 0 Å². The second-order valence-corrected chi connectivity index (χ2v) is 12.6. The Kier molecular flexibility index (Phi) is 10.5. The molecule has 8 N–H and O–H groups in total. The molecule has 0 amide bonds. The molecule has 2 aliphatic heterocycles. The molecule has 41 heavy (non-hydrogen) atoms. The van der Waals surface area contributed by atoms with Crippen molar-refractivity contribution >= 4 is 29.2 Å². The molecule has 0 saturated carbocycles. The zero-order valence-electron chi connectivity index (χ0n) is 23.6. The normalized spacial score (nSPS) is 41.0. The van der Waals surface area contributed by atoms with Gasteiger partial charge >= 0.3 is 5.97 Å². The molecule has 0 spiro atoms. The monoisotopic (exact) mass is 603 g/mol. The zero-order chi connectivity index (χ0) is 31.0. The molecule has 2 saturated heterocycles. The Labute approximate surface area is 241 Å². The van der Waals surface area contributed by atoms with Crippen LogP contribution in [-0.4, -0.2) is 119 Å². The van der Waals surface area contributed by atoms with Gasteiger partial charge in [-0.25, -0.2) is 4.98 Å². The number of cyclic esters (lactones) is 1. The molecule has 3 rings (SSSR count). The average Bonchev–Trinajstić information content (AvgIpc) is 3.53. The summed E-state index contributed by atoms with van der Waals surface area (Å²) in [5.41, 5.74) is -2.86. The van der Waals surface area contributed by atoms with Gasteiger partial charge in [0.15, 0.2) is 6.10 Å². The van der Waals surface area contributed by atoms with E-state index in [2.05, 4.69) is 4.98 Å². The van der Waals surface area contributed by atoms with Gasteiger partial charge < -0.3 is 50.3 Å². The Morgan fingerprint density at radius 3 is 2.24 bits per heavy atom. The van der Waals surface area contributed by atoms with Crippen LogP contribution >= 0.6 is 11.3 Å². The highest BCUT2D eigenvalue weighted by Gasteiger charge is 2.67. The summed E-state index contributed by atoms with van der Waals surface area (Å²) in [6, 6.07) is 0. The van der Waals surface area contributed by atoms with E-state index in [0.29, 0.717) is 10.7 Å². The standard InChI is InChI=1S/C27H41NO12S/c1-11(6-14-9-41-16(8-29)28-14)22-21(36)25-27(10-30,40-25)24(38)20(35)19(34)12(2)18(33)13(3)23(37)26(4,5)15(31)7-17(32)39-22/h6,9,12-13,15,18-22,24-25,29-31,33-36,38H,7-8,10H2,1-5H3/b11-6+/t12-,13-,15+,18+,19?,20?,21?,22-,24?,25+,27-/m1/s1. The molecular formula is C27H41NO12S. The fraction of sp³-hybridized carbons (Fsp3) is 0.741. The lowest BCUT2D eigenvalue weighted by Crippen LogP contribution is -2.55. The van der Waals surface area contributed by atoms with Crippen molar-refractivity contribution in [1.29, 1.82) is 0 Å². The lowest BCUT2D eigenvalue weighted by Gasteiger charge is -2.37. The molecule has 0 aliphatic carbocycles. The topological polar surface area (TPSA) is 231 Å². The molecule has 4 unspecified atom stereocenters. The van der Waals surface area contributed by atoms with E-state index in [4.69, 9.17) is 9.47 Å². The third-order valence-electron chi connectivity index (χ3n) is 8.43. The molecule has 232 valence electrons. The van der Waals surface area contributed by atoms with Crippen LogP contribution in [0.3, 0.4) is 0 Å². The number of nitrogens with zero attached hydrogens (tertiary/aromatic N) is 1. The van der Waals surface area contributed by atoms with Gasteiger partial charge in [0.2, 0.25) is 0 Å². The van der Waals surface area contributed by atoms with Gasteiger partial charge in [-0.2, -0.15) is 0 Å². The number of aliphatic hydroxyl groups is 8. The number of carbonyl (C=O) groups is 2. The second-order valence-electron chi connectivity index (χ2n) is 11.6. The smallest absolute Gasteiger partial charge is 0.309 e. The molecule has 3 heterocycles. The number of aromatic nitrogens is 1. The van der Waals surface area contributed by atoms with E-state index in [1.807, 2.05) is 0 Å². The van der Waals surface area contributed by atoms with Crippen LogP contribution in [-0.2, 0) is 25.7 Å². The van der Waals surface area contributed by atoms with Gasteiger partial charge in [-0.05, 0) is 18.6 Å². The third-order valence-corrected chi connectivity index (χ3v) is 9.28. The number of Topliss-reactive ketones (excluding diaryl/α,β-unsaturated/α-hetero) is 1. The highest BCUT2D eigenvalue weighted by molar-refractivity contribution is 7.09.